The summed E-state index contributed by atoms with van der Waals surface area (Å²) in [6.07, 6.45) is 1.32. The molecule has 1 aromatic heterocycles. The van der Waals surface area contributed by atoms with Crippen LogP contribution in [0.1, 0.15) is 23.6 Å². The van der Waals surface area contributed by atoms with Crippen molar-refractivity contribution in [3.8, 4) is 5.75 Å². The molecule has 0 radical (unpaired) electrons. The Morgan fingerprint density at radius 3 is 2.57 bits per heavy atom. The van der Waals surface area contributed by atoms with E-state index >= 15 is 0 Å². The molecule has 0 aliphatic heterocycles. The highest BCUT2D eigenvalue weighted by atomic mass is 32.1. The second-order valence-electron chi connectivity index (χ2n) is 5.69. The number of hydrogen-bond donors (Lipinski definition) is 1. The molecule has 23 heavy (non-hydrogen) atoms. The third-order valence-electron chi connectivity index (χ3n) is 3.84. The summed E-state index contributed by atoms with van der Waals surface area (Å²) in [5.41, 5.74) is 2.39. The van der Waals surface area contributed by atoms with E-state index in [2.05, 4.69) is 21.7 Å². The van der Waals surface area contributed by atoms with E-state index in [-0.39, 0.29) is 11.9 Å². The average molecular weight is 332 g/mol. The van der Waals surface area contributed by atoms with Gasteiger partial charge >= 0.3 is 0 Å². The van der Waals surface area contributed by atoms with Crippen molar-refractivity contribution in [1.82, 2.24) is 10.2 Å². The van der Waals surface area contributed by atoms with Crippen LogP contribution in [0.15, 0.2) is 41.1 Å². The monoisotopic (exact) mass is 332 g/mol. The van der Waals surface area contributed by atoms with Crippen molar-refractivity contribution < 1.29 is 9.53 Å². The highest BCUT2D eigenvalue weighted by Gasteiger charge is 2.15. The molecule has 0 aliphatic carbocycles. The zero-order valence-corrected chi connectivity index (χ0v) is 14.7. The van der Waals surface area contributed by atoms with Crippen LogP contribution in [0.3, 0.4) is 0 Å². The van der Waals surface area contributed by atoms with Crippen LogP contribution in [-0.4, -0.2) is 38.6 Å². The summed E-state index contributed by atoms with van der Waals surface area (Å²) >= 11 is 1.67. The van der Waals surface area contributed by atoms with Gasteiger partial charge in [-0.15, -0.1) is 0 Å². The minimum atomic E-state index is 0.0940. The molecule has 124 valence electrons. The highest BCUT2D eigenvalue weighted by molar-refractivity contribution is 7.07. The lowest BCUT2D eigenvalue weighted by Crippen LogP contribution is -2.34. The summed E-state index contributed by atoms with van der Waals surface area (Å²) in [4.78, 5) is 14.2. The van der Waals surface area contributed by atoms with Gasteiger partial charge in [-0.3, -0.25) is 4.79 Å². The van der Waals surface area contributed by atoms with Crippen LogP contribution < -0.4 is 10.1 Å². The molecule has 0 saturated heterocycles. The van der Waals surface area contributed by atoms with Gasteiger partial charge in [0.15, 0.2) is 0 Å². The molecule has 0 saturated carbocycles. The SMILES string of the molecule is COc1ccc([C@H](CNC(=O)CCc2ccsc2)N(C)C)cc1. The molecule has 1 heterocycles. The molecule has 1 aromatic carbocycles. The predicted octanol–water partition coefficient (Wildman–Crippen LogP) is 3.11. The Kier molecular flexibility index (Phi) is 6.62. The van der Waals surface area contributed by atoms with Crippen molar-refractivity contribution >= 4 is 17.2 Å². The van der Waals surface area contributed by atoms with Gasteiger partial charge in [0.05, 0.1) is 13.2 Å². The Balaban J connectivity index is 1.87. The molecule has 2 rings (SSSR count). The fourth-order valence-corrected chi connectivity index (χ4v) is 3.12. The average Bonchev–Trinajstić information content (AvgIpc) is 3.07. The third kappa shape index (κ3) is 5.37. The van der Waals surface area contributed by atoms with Gasteiger partial charge in [0, 0.05) is 13.0 Å². The number of rotatable bonds is 8. The normalized spacial score (nSPS) is 12.2. The smallest absolute Gasteiger partial charge is 0.220 e. The van der Waals surface area contributed by atoms with E-state index in [9.17, 15) is 4.79 Å². The number of thiophene rings is 1. The number of likely N-dealkylation sites (N-methyl/N-ethyl adjacent to an activating group) is 1. The van der Waals surface area contributed by atoms with Crippen LogP contribution in [0.2, 0.25) is 0 Å². The van der Waals surface area contributed by atoms with Crippen LogP contribution >= 0.6 is 11.3 Å². The van der Waals surface area contributed by atoms with Gasteiger partial charge in [0.25, 0.3) is 0 Å². The second-order valence-corrected chi connectivity index (χ2v) is 6.47. The maximum absolute atomic E-state index is 12.1. The number of amides is 1. The Morgan fingerprint density at radius 2 is 2.00 bits per heavy atom. The third-order valence-corrected chi connectivity index (χ3v) is 4.57. The molecule has 1 atom stereocenters. The van der Waals surface area contributed by atoms with Crippen LogP contribution in [0, 0.1) is 0 Å². The molecular weight excluding hydrogens is 308 g/mol. The predicted molar refractivity (Wildman–Crippen MR) is 95.1 cm³/mol. The van der Waals surface area contributed by atoms with Crippen LogP contribution in [0.5, 0.6) is 5.75 Å². The fraction of sp³-hybridized carbons (Fsp3) is 0.389. The number of ether oxygens (including phenoxy) is 1. The van der Waals surface area contributed by atoms with Crippen molar-refractivity contribution in [2.75, 3.05) is 27.7 Å². The molecule has 0 fully saturated rings. The highest BCUT2D eigenvalue weighted by Crippen LogP contribution is 2.20. The van der Waals surface area contributed by atoms with E-state index in [1.165, 1.54) is 5.56 Å². The Labute approximate surface area is 142 Å². The Hall–Kier alpha value is -1.85. The maximum atomic E-state index is 12.1. The molecule has 2 aromatic rings. The summed E-state index contributed by atoms with van der Waals surface area (Å²) in [5.74, 6) is 0.933. The quantitative estimate of drug-likeness (QED) is 0.807. The number of hydrogen-bond acceptors (Lipinski definition) is 4. The summed E-state index contributed by atoms with van der Waals surface area (Å²) < 4.78 is 5.19. The minimum absolute atomic E-state index is 0.0940. The molecule has 0 unspecified atom stereocenters. The van der Waals surface area contributed by atoms with E-state index in [0.717, 1.165) is 17.7 Å². The number of carbonyl (C=O) groups excluding carboxylic acids is 1. The first-order valence-corrected chi connectivity index (χ1v) is 8.62. The molecule has 1 N–H and O–H groups in total. The zero-order valence-electron chi connectivity index (χ0n) is 13.9. The van der Waals surface area contributed by atoms with Crippen LogP contribution in [-0.2, 0) is 11.2 Å². The molecule has 0 aliphatic rings. The van der Waals surface area contributed by atoms with Crippen molar-refractivity contribution in [2.45, 2.75) is 18.9 Å². The molecule has 5 heteroatoms. The van der Waals surface area contributed by atoms with Crippen molar-refractivity contribution in [3.05, 3.63) is 52.2 Å². The number of carbonyl (C=O) groups is 1. The number of methoxy groups -OCH3 is 1. The molecule has 4 nitrogen and oxygen atoms in total. The van der Waals surface area contributed by atoms with Crippen molar-refractivity contribution in [1.29, 1.82) is 0 Å². The van der Waals surface area contributed by atoms with Gasteiger partial charge in [-0.2, -0.15) is 11.3 Å². The number of benzene rings is 1. The van der Waals surface area contributed by atoms with E-state index in [4.69, 9.17) is 4.74 Å². The topological polar surface area (TPSA) is 41.6 Å². The van der Waals surface area contributed by atoms with Gasteiger partial charge in [-0.1, -0.05) is 12.1 Å². The first-order valence-electron chi connectivity index (χ1n) is 7.68. The summed E-state index contributed by atoms with van der Waals surface area (Å²) in [6.45, 7) is 0.599. The standard InChI is InChI=1S/C18H24N2O2S/c1-20(2)17(15-5-7-16(22-3)8-6-15)12-19-18(21)9-4-14-10-11-23-13-14/h5-8,10-11,13,17H,4,9,12H2,1-3H3,(H,19,21)/t17-/m0/s1. The van der Waals surface area contributed by atoms with Gasteiger partial charge in [0.1, 0.15) is 5.75 Å². The van der Waals surface area contributed by atoms with Crippen LogP contribution in [0.25, 0.3) is 0 Å². The molecule has 0 spiro atoms. The first kappa shape index (κ1) is 17.5. The fourth-order valence-electron chi connectivity index (χ4n) is 2.42. The van der Waals surface area contributed by atoms with Gasteiger partial charge < -0.3 is 15.0 Å². The number of nitrogens with zero attached hydrogens (tertiary/aromatic N) is 1. The summed E-state index contributed by atoms with van der Waals surface area (Å²) in [5, 5.41) is 7.18. The molecular formula is C18H24N2O2S. The van der Waals surface area contributed by atoms with E-state index in [1.54, 1.807) is 18.4 Å². The summed E-state index contributed by atoms with van der Waals surface area (Å²) in [6, 6.07) is 10.2. The van der Waals surface area contributed by atoms with Gasteiger partial charge in [0.2, 0.25) is 5.91 Å². The molecule has 0 bridgehead atoms. The lowest BCUT2D eigenvalue weighted by atomic mass is 10.1. The second kappa shape index (κ2) is 8.70. The Bertz CT molecular complexity index is 594. The maximum Gasteiger partial charge on any atom is 0.220 e. The van der Waals surface area contributed by atoms with E-state index < -0.39 is 0 Å². The molecule has 1 amide bonds. The van der Waals surface area contributed by atoms with Gasteiger partial charge in [-0.25, -0.2) is 0 Å². The summed E-state index contributed by atoms with van der Waals surface area (Å²) in [7, 11) is 5.70. The van der Waals surface area contributed by atoms with E-state index in [1.807, 2.05) is 43.7 Å². The van der Waals surface area contributed by atoms with Gasteiger partial charge in [-0.05, 0) is 60.6 Å². The lowest BCUT2D eigenvalue weighted by Gasteiger charge is -2.25. The first-order chi connectivity index (χ1) is 11.1. The van der Waals surface area contributed by atoms with Crippen molar-refractivity contribution in [2.24, 2.45) is 0 Å². The largest absolute Gasteiger partial charge is 0.497 e. The number of nitrogens with one attached hydrogen (secondary N) is 1. The number of aryl methyl sites for hydroxylation is 1. The van der Waals surface area contributed by atoms with Crippen molar-refractivity contribution in [3.63, 3.8) is 0 Å². The Morgan fingerprint density at radius 1 is 1.26 bits per heavy atom. The minimum Gasteiger partial charge on any atom is -0.497 e. The van der Waals surface area contributed by atoms with Crippen LogP contribution in [0.4, 0.5) is 0 Å². The zero-order chi connectivity index (χ0) is 16.7. The van der Waals surface area contributed by atoms with E-state index in [0.29, 0.717) is 13.0 Å². The lowest BCUT2D eigenvalue weighted by molar-refractivity contribution is -0.121.